The molecule has 5 atom stereocenters. The largest absolute Gasteiger partial charge is 0.508 e. The van der Waals surface area contributed by atoms with Crippen molar-refractivity contribution in [3.63, 3.8) is 0 Å². The number of carbonyl (C=O) groups is 1. The van der Waals surface area contributed by atoms with Crippen LogP contribution in [0.5, 0.6) is 5.75 Å². The lowest BCUT2D eigenvalue weighted by Crippen LogP contribution is -2.59. The second kappa shape index (κ2) is 13.9. The van der Waals surface area contributed by atoms with Crippen LogP contribution in [0.4, 0.5) is 0 Å². The van der Waals surface area contributed by atoms with Gasteiger partial charge in [-0.2, -0.15) is 0 Å². The Balaban J connectivity index is 0.000000180. The van der Waals surface area contributed by atoms with Gasteiger partial charge >= 0.3 is 5.97 Å². The number of hydrogen-bond donors (Lipinski definition) is 1. The van der Waals surface area contributed by atoms with Gasteiger partial charge in [0.05, 0.1) is 0 Å². The molecule has 2 fully saturated rings. The number of fused-ring (bicyclic) bond motifs is 1. The summed E-state index contributed by atoms with van der Waals surface area (Å²) in [7, 11) is 6.40. The van der Waals surface area contributed by atoms with Crippen molar-refractivity contribution >= 4 is 5.97 Å². The Morgan fingerprint density at radius 1 is 1.05 bits per heavy atom. The van der Waals surface area contributed by atoms with Gasteiger partial charge in [-0.25, -0.2) is 0 Å². The van der Waals surface area contributed by atoms with E-state index in [1.54, 1.807) is 0 Å². The van der Waals surface area contributed by atoms with E-state index >= 15 is 0 Å². The summed E-state index contributed by atoms with van der Waals surface area (Å²) in [5.74, 6) is 1.25. The van der Waals surface area contributed by atoms with E-state index in [2.05, 4.69) is 74.3 Å². The molecule has 3 aromatic carbocycles. The van der Waals surface area contributed by atoms with E-state index in [0.717, 1.165) is 24.1 Å². The Bertz CT molecular complexity index is 1380. The molecular weight excluding hydrogens is 544 g/mol. The molecule has 1 aliphatic heterocycles. The van der Waals surface area contributed by atoms with Crippen LogP contribution in [-0.4, -0.2) is 61.2 Å². The average molecular weight is 597 g/mol. The van der Waals surface area contributed by atoms with Crippen molar-refractivity contribution in [2.45, 2.75) is 82.3 Å². The topological polar surface area (TPSA) is 53.0 Å². The Morgan fingerprint density at radius 2 is 1.75 bits per heavy atom. The number of aromatic hydroxyl groups is 1. The van der Waals surface area contributed by atoms with Gasteiger partial charge in [0.1, 0.15) is 11.4 Å². The number of esters is 1. The molecule has 236 valence electrons. The van der Waals surface area contributed by atoms with Crippen LogP contribution in [0.25, 0.3) is 0 Å². The number of hydrogen-bond acceptors (Lipinski definition) is 5. The van der Waals surface area contributed by atoms with Crippen LogP contribution < -0.4 is 0 Å². The Labute approximate surface area is 265 Å². The minimum absolute atomic E-state index is 0.139. The molecule has 2 bridgehead atoms. The lowest BCUT2D eigenvalue weighted by atomic mass is 9.52. The quantitative estimate of drug-likeness (QED) is 0.276. The van der Waals surface area contributed by atoms with Crippen molar-refractivity contribution in [2.75, 3.05) is 34.2 Å². The third-order valence-electron chi connectivity index (χ3n) is 10.7. The van der Waals surface area contributed by atoms with Crippen LogP contribution in [-0.2, 0) is 33.4 Å². The number of rotatable bonds is 8. The molecule has 0 unspecified atom stereocenters. The molecule has 5 heteroatoms. The first-order valence-electron chi connectivity index (χ1n) is 16.7. The number of nitrogens with zero attached hydrogens (tertiary/aromatic N) is 2. The Hall–Kier alpha value is -3.15. The van der Waals surface area contributed by atoms with Crippen LogP contribution in [0, 0.1) is 11.8 Å². The zero-order chi connectivity index (χ0) is 31.3. The van der Waals surface area contributed by atoms with Crippen LogP contribution in [0.3, 0.4) is 0 Å². The highest BCUT2D eigenvalue weighted by Crippen LogP contribution is 2.55. The van der Waals surface area contributed by atoms with Crippen molar-refractivity contribution in [1.29, 1.82) is 0 Å². The fraction of sp³-hybridized carbons (Fsp3) is 0.513. The minimum atomic E-state index is -0.681. The predicted octanol–water partition coefficient (Wildman–Crippen LogP) is 7.36. The zero-order valence-electron chi connectivity index (χ0n) is 27.5. The number of likely N-dealkylation sites (tertiary alicyclic amines) is 1. The van der Waals surface area contributed by atoms with Crippen molar-refractivity contribution < 1.29 is 14.6 Å². The molecule has 5 nitrogen and oxygen atoms in total. The summed E-state index contributed by atoms with van der Waals surface area (Å²) in [4.78, 5) is 17.1. The summed E-state index contributed by atoms with van der Waals surface area (Å²) < 4.78 is 6.17. The number of phenols is 1. The number of carbonyl (C=O) groups excluding carboxylic acids is 1. The standard InChI is InChI=1S/C22H29NO2.C17H23NO/c1-5-21(24)25-22(18(2)17-23(3)4,20-14-10-7-11-15-20)16-19-12-8-6-9-13-19;1-18-9-8-17-7-3-2-4-14(17)16(18)10-12-5-6-13(19)11-15(12)17/h6-15,18H,5,16-17H2,1-4H3;5-6,11,14,16,19H,2-4,7-10H2,1H3/t18-,22+;14-,16+,17+/m10/s1. The molecule has 0 amide bonds. The predicted molar refractivity (Wildman–Crippen MR) is 179 cm³/mol. The fourth-order valence-corrected chi connectivity index (χ4v) is 8.53. The SMILES string of the molecule is CCC(=O)O[C@](Cc1ccccc1)(c1ccccc1)[C@H](C)CN(C)C.CN1CC[C@]23CCCC[C@H]2[C@H]1Cc1ccc(O)cc13. The van der Waals surface area contributed by atoms with Gasteiger partial charge in [-0.1, -0.05) is 93.4 Å². The van der Waals surface area contributed by atoms with Gasteiger partial charge < -0.3 is 19.6 Å². The van der Waals surface area contributed by atoms with E-state index in [1.807, 2.05) is 49.4 Å². The molecular formula is C39H52N2O3. The van der Waals surface area contributed by atoms with Crippen LogP contribution in [0.15, 0.2) is 78.9 Å². The van der Waals surface area contributed by atoms with Gasteiger partial charge in [0.2, 0.25) is 0 Å². The maximum atomic E-state index is 12.3. The van der Waals surface area contributed by atoms with E-state index in [-0.39, 0.29) is 11.9 Å². The summed E-state index contributed by atoms with van der Waals surface area (Å²) in [6, 6.07) is 27.3. The molecule has 3 aromatic rings. The summed E-state index contributed by atoms with van der Waals surface area (Å²) in [5.41, 5.74) is 4.90. The van der Waals surface area contributed by atoms with E-state index in [0.29, 0.717) is 24.0 Å². The molecule has 1 saturated carbocycles. The highest BCUT2D eigenvalue weighted by Gasteiger charge is 2.53. The molecule has 0 radical (unpaired) electrons. The fourth-order valence-electron chi connectivity index (χ4n) is 8.53. The first-order chi connectivity index (χ1) is 21.2. The summed E-state index contributed by atoms with van der Waals surface area (Å²) in [5, 5.41) is 9.91. The lowest BCUT2D eigenvalue weighted by molar-refractivity contribution is -0.168. The average Bonchev–Trinajstić information content (AvgIpc) is 3.03. The van der Waals surface area contributed by atoms with E-state index < -0.39 is 5.60 Å². The smallest absolute Gasteiger partial charge is 0.306 e. The molecule has 0 aromatic heterocycles. The zero-order valence-corrected chi connectivity index (χ0v) is 27.5. The molecule has 6 rings (SSSR count). The number of piperidine rings is 1. The molecule has 1 N–H and O–H groups in total. The number of phenolic OH excluding ortho intramolecular Hbond substituents is 1. The van der Waals surface area contributed by atoms with Gasteiger partial charge in [-0.15, -0.1) is 0 Å². The molecule has 1 heterocycles. The first kappa shape index (κ1) is 32.2. The highest BCUT2D eigenvalue weighted by molar-refractivity contribution is 5.70. The number of likely N-dealkylation sites (N-methyl/N-ethyl adjacent to an activating group) is 1. The van der Waals surface area contributed by atoms with E-state index in [9.17, 15) is 9.90 Å². The van der Waals surface area contributed by atoms with Crippen LogP contribution in [0.2, 0.25) is 0 Å². The van der Waals surface area contributed by atoms with Gasteiger partial charge in [0, 0.05) is 36.8 Å². The van der Waals surface area contributed by atoms with Gasteiger partial charge in [0.15, 0.2) is 0 Å². The summed E-state index contributed by atoms with van der Waals surface area (Å²) in [6.45, 7) is 6.06. The summed E-state index contributed by atoms with van der Waals surface area (Å²) >= 11 is 0. The van der Waals surface area contributed by atoms with Crippen molar-refractivity contribution in [3.05, 3.63) is 101 Å². The maximum Gasteiger partial charge on any atom is 0.306 e. The monoisotopic (exact) mass is 596 g/mol. The van der Waals surface area contributed by atoms with Gasteiger partial charge in [0.25, 0.3) is 0 Å². The van der Waals surface area contributed by atoms with Gasteiger partial charge in [-0.3, -0.25) is 4.79 Å². The molecule has 1 saturated heterocycles. The van der Waals surface area contributed by atoms with Crippen LogP contribution in [0.1, 0.15) is 74.6 Å². The van der Waals surface area contributed by atoms with Gasteiger partial charge in [-0.05, 0) is 93.7 Å². The third-order valence-corrected chi connectivity index (χ3v) is 10.7. The molecule has 3 aliphatic rings. The molecule has 2 aliphatic carbocycles. The Morgan fingerprint density at radius 3 is 2.43 bits per heavy atom. The third kappa shape index (κ3) is 6.60. The first-order valence-corrected chi connectivity index (χ1v) is 16.7. The normalized spacial score (nSPS) is 24.6. The Kier molecular flexibility index (Phi) is 10.2. The second-order valence-electron chi connectivity index (χ2n) is 13.8. The number of ether oxygens (including phenoxy) is 1. The maximum absolute atomic E-state index is 12.3. The van der Waals surface area contributed by atoms with Crippen molar-refractivity contribution in [2.24, 2.45) is 11.8 Å². The van der Waals surface area contributed by atoms with Crippen molar-refractivity contribution in [1.82, 2.24) is 9.80 Å². The lowest BCUT2D eigenvalue weighted by Gasteiger charge is -2.58. The second-order valence-corrected chi connectivity index (χ2v) is 13.8. The molecule has 44 heavy (non-hydrogen) atoms. The van der Waals surface area contributed by atoms with E-state index in [4.69, 9.17) is 4.74 Å². The summed E-state index contributed by atoms with van der Waals surface area (Å²) in [6.07, 6.45) is 8.96. The minimum Gasteiger partial charge on any atom is -0.508 e. The van der Waals surface area contributed by atoms with Crippen molar-refractivity contribution in [3.8, 4) is 5.75 Å². The highest BCUT2D eigenvalue weighted by atomic mass is 16.6. The van der Waals surface area contributed by atoms with E-state index in [1.165, 1.54) is 61.8 Å². The van der Waals surface area contributed by atoms with Crippen LogP contribution >= 0.6 is 0 Å². The number of benzene rings is 3. The molecule has 0 spiro atoms.